The Labute approximate surface area is 180 Å². The zero-order valence-corrected chi connectivity index (χ0v) is 19.1. The highest BCUT2D eigenvalue weighted by Crippen LogP contribution is 2.36. The van der Waals surface area contributed by atoms with E-state index in [0.717, 1.165) is 54.7 Å². The molecule has 7 heteroatoms. The molecule has 1 saturated heterocycles. The molecule has 2 heterocycles. The summed E-state index contributed by atoms with van der Waals surface area (Å²) in [7, 11) is 0. The summed E-state index contributed by atoms with van der Waals surface area (Å²) in [4.78, 5) is 7.52. The Kier molecular flexibility index (Phi) is 7.38. The molecule has 2 aliphatic carbocycles. The van der Waals surface area contributed by atoms with Crippen LogP contribution in [0.25, 0.3) is 0 Å². The summed E-state index contributed by atoms with van der Waals surface area (Å²) < 4.78 is 2.43. The van der Waals surface area contributed by atoms with Gasteiger partial charge >= 0.3 is 0 Å². The molecule has 0 spiro atoms. The lowest BCUT2D eigenvalue weighted by molar-refractivity contribution is 0.299. The summed E-state index contributed by atoms with van der Waals surface area (Å²) in [6, 6.07) is 0.608. The molecule has 1 N–H and O–H groups in total. The fourth-order valence-corrected chi connectivity index (χ4v) is 6.15. The van der Waals surface area contributed by atoms with Crippen LogP contribution in [-0.2, 0) is 6.42 Å². The molecule has 4 rings (SSSR count). The number of rotatable bonds is 7. The summed E-state index contributed by atoms with van der Waals surface area (Å²) in [6.07, 6.45) is 15.0. The van der Waals surface area contributed by atoms with Crippen LogP contribution in [0.15, 0.2) is 10.1 Å². The van der Waals surface area contributed by atoms with Gasteiger partial charge in [-0.1, -0.05) is 37.4 Å². The lowest BCUT2D eigenvalue weighted by Gasteiger charge is -2.22. The quantitative estimate of drug-likeness (QED) is 0.312. The van der Waals surface area contributed by atoms with Gasteiger partial charge in [0.15, 0.2) is 11.1 Å². The minimum atomic E-state index is 0.608. The van der Waals surface area contributed by atoms with Crippen LogP contribution in [0, 0.1) is 11.8 Å². The molecule has 0 aromatic carbocycles. The molecule has 3 aliphatic rings. The van der Waals surface area contributed by atoms with E-state index in [0.29, 0.717) is 6.04 Å². The molecule has 1 aliphatic heterocycles. The van der Waals surface area contributed by atoms with Gasteiger partial charge < -0.3 is 14.8 Å². The molecule has 1 aromatic rings. The first-order chi connectivity index (χ1) is 14.3. The van der Waals surface area contributed by atoms with Gasteiger partial charge in [-0.25, -0.2) is 0 Å². The molecule has 0 amide bonds. The number of likely N-dealkylation sites (tertiary alicyclic amines) is 1. The van der Waals surface area contributed by atoms with Gasteiger partial charge in [0.2, 0.25) is 0 Å². The molecular formula is C22H38N6S. The minimum Gasteiger partial charge on any atom is -0.357 e. The molecule has 162 valence electrons. The highest BCUT2D eigenvalue weighted by Gasteiger charge is 2.35. The van der Waals surface area contributed by atoms with Gasteiger partial charge in [-0.05, 0) is 57.1 Å². The monoisotopic (exact) mass is 418 g/mol. The summed E-state index contributed by atoms with van der Waals surface area (Å²) in [6.45, 7) is 6.37. The molecule has 29 heavy (non-hydrogen) atoms. The van der Waals surface area contributed by atoms with E-state index < -0.39 is 0 Å². The Bertz CT molecular complexity index is 667. The van der Waals surface area contributed by atoms with E-state index in [4.69, 9.17) is 4.99 Å². The summed E-state index contributed by atoms with van der Waals surface area (Å²) in [5.41, 5.74) is 0. The number of hydrogen-bond acceptors (Lipinski definition) is 4. The molecule has 2 atom stereocenters. The standard InChI is InChI=1S/C22H38N6S/c1-3-23-21(27-15-17-9-4-5-10-18(17)16-27)24-14-8-13-20-25-26-22(29-2)28(20)19-11-6-7-12-19/h17-19H,3-16H2,1-2H3,(H,23,24). The Morgan fingerprint density at radius 2 is 1.76 bits per heavy atom. The normalized spacial score (nSPS) is 25.6. The number of thioether (sulfide) groups is 1. The van der Waals surface area contributed by atoms with Crippen molar-refractivity contribution in [3.8, 4) is 0 Å². The third kappa shape index (κ3) is 4.92. The topological polar surface area (TPSA) is 58.3 Å². The average Bonchev–Trinajstić information content (AvgIpc) is 3.48. The number of nitrogens with zero attached hydrogens (tertiary/aromatic N) is 5. The second-order valence-corrected chi connectivity index (χ2v) is 9.73. The number of nitrogens with one attached hydrogen (secondary N) is 1. The summed E-state index contributed by atoms with van der Waals surface area (Å²) >= 11 is 1.73. The molecule has 2 saturated carbocycles. The van der Waals surface area contributed by atoms with Crippen molar-refractivity contribution < 1.29 is 0 Å². The zero-order chi connectivity index (χ0) is 20.1. The van der Waals surface area contributed by atoms with Crippen molar-refractivity contribution in [3.05, 3.63) is 5.82 Å². The number of guanidine groups is 1. The number of fused-ring (bicyclic) bond motifs is 1. The SMILES string of the molecule is CCNC(=NCCCc1nnc(SC)n1C1CCCC1)N1CC2CCCCC2C1. The number of hydrogen-bond donors (Lipinski definition) is 1. The number of aromatic nitrogens is 3. The van der Waals surface area contributed by atoms with Gasteiger partial charge in [-0.2, -0.15) is 0 Å². The van der Waals surface area contributed by atoms with E-state index in [1.54, 1.807) is 11.8 Å². The van der Waals surface area contributed by atoms with Gasteiger partial charge in [0.05, 0.1) is 0 Å². The summed E-state index contributed by atoms with van der Waals surface area (Å²) in [5.74, 6) is 4.07. The number of aliphatic imine (C=N–C) groups is 1. The second kappa shape index (κ2) is 10.2. The maximum absolute atomic E-state index is 4.99. The van der Waals surface area contributed by atoms with Crippen molar-refractivity contribution in [2.24, 2.45) is 16.8 Å². The predicted octanol–water partition coefficient (Wildman–Crippen LogP) is 4.14. The Balaban J connectivity index is 1.34. The fourth-order valence-electron chi connectivity index (χ4n) is 5.57. The smallest absolute Gasteiger partial charge is 0.193 e. The van der Waals surface area contributed by atoms with Gasteiger partial charge in [0.25, 0.3) is 0 Å². The van der Waals surface area contributed by atoms with Crippen molar-refractivity contribution >= 4 is 17.7 Å². The van der Waals surface area contributed by atoms with Gasteiger partial charge in [0, 0.05) is 38.6 Å². The Morgan fingerprint density at radius 3 is 2.41 bits per heavy atom. The first-order valence-corrected chi connectivity index (χ1v) is 13.0. The summed E-state index contributed by atoms with van der Waals surface area (Å²) in [5, 5.41) is 13.6. The number of aryl methyl sites for hydroxylation is 1. The third-order valence-corrected chi connectivity index (χ3v) is 7.68. The molecule has 2 unspecified atom stereocenters. The van der Waals surface area contributed by atoms with Crippen LogP contribution in [0.4, 0.5) is 0 Å². The molecule has 1 aromatic heterocycles. The molecule has 0 radical (unpaired) electrons. The van der Waals surface area contributed by atoms with Crippen LogP contribution in [0.1, 0.15) is 76.6 Å². The lowest BCUT2D eigenvalue weighted by atomic mass is 9.82. The van der Waals surface area contributed by atoms with Crippen molar-refractivity contribution in [1.82, 2.24) is 25.0 Å². The lowest BCUT2D eigenvalue weighted by Crippen LogP contribution is -2.40. The van der Waals surface area contributed by atoms with Crippen LogP contribution in [0.2, 0.25) is 0 Å². The van der Waals surface area contributed by atoms with Gasteiger partial charge in [-0.15, -0.1) is 10.2 Å². The van der Waals surface area contributed by atoms with E-state index in [2.05, 4.69) is 38.2 Å². The Morgan fingerprint density at radius 1 is 1.07 bits per heavy atom. The van der Waals surface area contributed by atoms with Crippen LogP contribution >= 0.6 is 11.8 Å². The minimum absolute atomic E-state index is 0.608. The van der Waals surface area contributed by atoms with Crippen LogP contribution < -0.4 is 5.32 Å². The fraction of sp³-hybridized carbons (Fsp3) is 0.864. The molecular weight excluding hydrogens is 380 g/mol. The van der Waals surface area contributed by atoms with Crippen molar-refractivity contribution in [3.63, 3.8) is 0 Å². The first-order valence-electron chi connectivity index (χ1n) is 11.8. The van der Waals surface area contributed by atoms with Crippen LogP contribution in [0.3, 0.4) is 0 Å². The first kappa shape index (κ1) is 21.0. The highest BCUT2D eigenvalue weighted by atomic mass is 32.2. The maximum Gasteiger partial charge on any atom is 0.193 e. The highest BCUT2D eigenvalue weighted by molar-refractivity contribution is 7.98. The van der Waals surface area contributed by atoms with E-state index in [9.17, 15) is 0 Å². The molecule has 6 nitrogen and oxygen atoms in total. The predicted molar refractivity (Wildman–Crippen MR) is 121 cm³/mol. The van der Waals surface area contributed by atoms with Crippen molar-refractivity contribution in [2.45, 2.75) is 82.3 Å². The Hall–Kier alpha value is -1.24. The van der Waals surface area contributed by atoms with E-state index in [-0.39, 0.29) is 0 Å². The van der Waals surface area contributed by atoms with Crippen molar-refractivity contribution in [1.29, 1.82) is 0 Å². The van der Waals surface area contributed by atoms with Crippen molar-refractivity contribution in [2.75, 3.05) is 32.4 Å². The van der Waals surface area contributed by atoms with Crippen LogP contribution in [0.5, 0.6) is 0 Å². The van der Waals surface area contributed by atoms with E-state index >= 15 is 0 Å². The van der Waals surface area contributed by atoms with Crippen LogP contribution in [-0.4, -0.2) is 58.1 Å². The van der Waals surface area contributed by atoms with E-state index in [1.165, 1.54) is 64.5 Å². The largest absolute Gasteiger partial charge is 0.357 e. The van der Waals surface area contributed by atoms with Gasteiger partial charge in [-0.3, -0.25) is 4.99 Å². The van der Waals surface area contributed by atoms with Gasteiger partial charge in [0.1, 0.15) is 5.82 Å². The average molecular weight is 419 g/mol. The third-order valence-electron chi connectivity index (χ3n) is 7.04. The zero-order valence-electron chi connectivity index (χ0n) is 18.3. The molecule has 0 bridgehead atoms. The second-order valence-electron chi connectivity index (χ2n) is 8.96. The van der Waals surface area contributed by atoms with E-state index in [1.807, 2.05) is 0 Å². The maximum atomic E-state index is 4.99. The molecule has 3 fully saturated rings.